The van der Waals surface area contributed by atoms with Crippen LogP contribution in [0, 0.1) is 6.92 Å². The fourth-order valence-corrected chi connectivity index (χ4v) is 1.30. The number of carboxylic acids is 1. The molecule has 5 nitrogen and oxygen atoms in total. The molecule has 0 aromatic carbocycles. The summed E-state index contributed by atoms with van der Waals surface area (Å²) < 4.78 is 0. The average Bonchev–Trinajstić information content (AvgIpc) is 2.16. The maximum atomic E-state index is 11.6. The monoisotopic (exact) mass is 242 g/mol. The Morgan fingerprint density at radius 1 is 1.50 bits per heavy atom. The highest BCUT2D eigenvalue weighted by Gasteiger charge is 2.17. The number of carboxylic acid groups (broad SMARTS) is 1. The summed E-state index contributed by atoms with van der Waals surface area (Å²) in [6.45, 7) is 3.02. The van der Waals surface area contributed by atoms with Crippen LogP contribution in [0.3, 0.4) is 0 Å². The van der Waals surface area contributed by atoms with Crippen molar-refractivity contribution in [3.63, 3.8) is 0 Å². The minimum Gasteiger partial charge on any atom is -0.480 e. The highest BCUT2D eigenvalue weighted by Crippen LogP contribution is 2.10. The van der Waals surface area contributed by atoms with E-state index in [0.29, 0.717) is 16.4 Å². The summed E-state index contributed by atoms with van der Waals surface area (Å²) in [5, 5.41) is 11.3. The summed E-state index contributed by atoms with van der Waals surface area (Å²) >= 11 is 5.64. The molecule has 0 bridgehead atoms. The van der Waals surface area contributed by atoms with Crippen LogP contribution in [-0.4, -0.2) is 28.0 Å². The summed E-state index contributed by atoms with van der Waals surface area (Å²) in [6, 6.07) is 2.05. The molecular formula is C10H11ClN2O3. The van der Waals surface area contributed by atoms with E-state index in [1.165, 1.54) is 19.1 Å². The Morgan fingerprint density at radius 2 is 2.12 bits per heavy atom. The minimum atomic E-state index is -1.09. The highest BCUT2D eigenvalue weighted by molar-refractivity contribution is 6.29. The highest BCUT2D eigenvalue weighted by atomic mass is 35.5. The Morgan fingerprint density at radius 3 is 2.62 bits per heavy atom. The third kappa shape index (κ3) is 2.93. The number of aromatic nitrogens is 1. The van der Waals surface area contributed by atoms with Crippen LogP contribution < -0.4 is 5.32 Å². The normalized spacial score (nSPS) is 11.9. The summed E-state index contributed by atoms with van der Waals surface area (Å²) in [4.78, 5) is 26.1. The van der Waals surface area contributed by atoms with Gasteiger partial charge in [0.25, 0.3) is 5.91 Å². The zero-order chi connectivity index (χ0) is 12.3. The van der Waals surface area contributed by atoms with Crippen molar-refractivity contribution in [3.05, 3.63) is 28.5 Å². The largest absolute Gasteiger partial charge is 0.480 e. The van der Waals surface area contributed by atoms with Gasteiger partial charge < -0.3 is 10.4 Å². The molecule has 1 rings (SSSR count). The number of halogens is 1. The summed E-state index contributed by atoms with van der Waals surface area (Å²) in [7, 11) is 0. The molecular weight excluding hydrogens is 232 g/mol. The van der Waals surface area contributed by atoms with Crippen LogP contribution in [0.5, 0.6) is 0 Å². The number of aryl methyl sites for hydroxylation is 1. The lowest BCUT2D eigenvalue weighted by molar-refractivity contribution is -0.138. The molecule has 1 atom stereocenters. The quantitative estimate of drug-likeness (QED) is 0.782. The fraction of sp³-hybridized carbons (Fsp3) is 0.300. The summed E-state index contributed by atoms with van der Waals surface area (Å²) in [5.74, 6) is -1.57. The van der Waals surface area contributed by atoms with Crippen LogP contribution >= 0.6 is 11.6 Å². The first-order chi connectivity index (χ1) is 7.41. The van der Waals surface area contributed by atoms with Gasteiger partial charge in [-0.25, -0.2) is 4.98 Å². The van der Waals surface area contributed by atoms with Crippen molar-refractivity contribution < 1.29 is 14.7 Å². The number of nitrogens with one attached hydrogen (secondary N) is 1. The Balaban J connectivity index is 2.85. The van der Waals surface area contributed by atoms with E-state index < -0.39 is 17.9 Å². The van der Waals surface area contributed by atoms with Crippen molar-refractivity contribution in [1.29, 1.82) is 0 Å². The first-order valence-corrected chi connectivity index (χ1v) is 4.96. The molecule has 1 aromatic heterocycles. The second kappa shape index (κ2) is 4.94. The number of nitrogens with zero attached hydrogens (tertiary/aromatic N) is 1. The van der Waals surface area contributed by atoms with Crippen molar-refractivity contribution in [2.24, 2.45) is 0 Å². The lowest BCUT2D eigenvalue weighted by Crippen LogP contribution is -2.38. The zero-order valence-electron chi connectivity index (χ0n) is 8.82. The SMILES string of the molecule is Cc1nc(Cl)ccc1C(=O)NC(C)C(=O)O. The van der Waals surface area contributed by atoms with Crippen LogP contribution in [-0.2, 0) is 4.79 Å². The molecule has 6 heteroatoms. The fourth-order valence-electron chi connectivity index (χ4n) is 1.11. The molecule has 0 radical (unpaired) electrons. The lowest BCUT2D eigenvalue weighted by atomic mass is 10.2. The van der Waals surface area contributed by atoms with E-state index in [-0.39, 0.29) is 0 Å². The topological polar surface area (TPSA) is 79.3 Å². The average molecular weight is 243 g/mol. The van der Waals surface area contributed by atoms with Gasteiger partial charge in [-0.05, 0) is 26.0 Å². The number of carbonyl (C=O) groups excluding carboxylic acids is 1. The molecule has 0 saturated heterocycles. The third-order valence-corrected chi connectivity index (χ3v) is 2.22. The molecule has 0 aliphatic rings. The van der Waals surface area contributed by atoms with Gasteiger partial charge in [0, 0.05) is 0 Å². The first-order valence-electron chi connectivity index (χ1n) is 4.58. The van der Waals surface area contributed by atoms with Crippen molar-refractivity contribution in [2.45, 2.75) is 19.9 Å². The number of hydrogen-bond donors (Lipinski definition) is 2. The minimum absolute atomic E-state index is 0.292. The zero-order valence-corrected chi connectivity index (χ0v) is 9.58. The van der Waals surface area contributed by atoms with E-state index in [4.69, 9.17) is 16.7 Å². The molecule has 0 aliphatic heterocycles. The number of hydrogen-bond acceptors (Lipinski definition) is 3. The van der Waals surface area contributed by atoms with Crippen molar-refractivity contribution in [3.8, 4) is 0 Å². The van der Waals surface area contributed by atoms with E-state index in [1.807, 2.05) is 0 Å². The molecule has 0 fully saturated rings. The second-order valence-corrected chi connectivity index (χ2v) is 3.69. The van der Waals surface area contributed by atoms with E-state index in [1.54, 1.807) is 6.92 Å². The molecule has 0 spiro atoms. The number of rotatable bonds is 3. The molecule has 0 saturated carbocycles. The molecule has 2 N–H and O–H groups in total. The Labute approximate surface area is 97.4 Å². The Bertz CT molecular complexity index is 434. The summed E-state index contributed by atoms with van der Waals surface area (Å²) in [5.41, 5.74) is 0.778. The molecule has 86 valence electrons. The summed E-state index contributed by atoms with van der Waals surface area (Å²) in [6.07, 6.45) is 0. The van der Waals surface area contributed by atoms with Gasteiger partial charge in [0.05, 0.1) is 11.3 Å². The lowest BCUT2D eigenvalue weighted by Gasteiger charge is -2.10. The second-order valence-electron chi connectivity index (χ2n) is 3.30. The van der Waals surface area contributed by atoms with Gasteiger partial charge in [0.1, 0.15) is 11.2 Å². The molecule has 1 unspecified atom stereocenters. The van der Waals surface area contributed by atoms with Crippen LogP contribution in [0.1, 0.15) is 23.0 Å². The van der Waals surface area contributed by atoms with Crippen LogP contribution in [0.2, 0.25) is 5.15 Å². The molecule has 16 heavy (non-hydrogen) atoms. The Hall–Kier alpha value is -1.62. The molecule has 1 amide bonds. The van der Waals surface area contributed by atoms with Gasteiger partial charge in [-0.2, -0.15) is 0 Å². The predicted molar refractivity (Wildman–Crippen MR) is 58.5 cm³/mol. The van der Waals surface area contributed by atoms with E-state index >= 15 is 0 Å². The van der Waals surface area contributed by atoms with Crippen molar-refractivity contribution >= 4 is 23.5 Å². The third-order valence-electron chi connectivity index (χ3n) is 2.01. The Kier molecular flexibility index (Phi) is 3.84. The number of carbonyl (C=O) groups is 2. The van der Waals surface area contributed by atoms with Crippen LogP contribution in [0.4, 0.5) is 0 Å². The smallest absolute Gasteiger partial charge is 0.325 e. The van der Waals surface area contributed by atoms with Gasteiger partial charge in [-0.15, -0.1) is 0 Å². The van der Waals surface area contributed by atoms with Crippen molar-refractivity contribution in [1.82, 2.24) is 10.3 Å². The van der Waals surface area contributed by atoms with E-state index in [2.05, 4.69) is 10.3 Å². The predicted octanol–water partition coefficient (Wildman–Crippen LogP) is 1.25. The number of aliphatic carboxylic acids is 1. The van der Waals surface area contributed by atoms with Gasteiger partial charge in [0.15, 0.2) is 0 Å². The van der Waals surface area contributed by atoms with E-state index in [9.17, 15) is 9.59 Å². The van der Waals surface area contributed by atoms with E-state index in [0.717, 1.165) is 0 Å². The standard InChI is InChI=1S/C10H11ClN2O3/c1-5-7(3-4-8(11)12-5)9(14)13-6(2)10(15)16/h3-4,6H,1-2H3,(H,13,14)(H,15,16). The maximum Gasteiger partial charge on any atom is 0.325 e. The first kappa shape index (κ1) is 12.4. The maximum absolute atomic E-state index is 11.6. The van der Waals surface area contributed by atoms with Gasteiger partial charge in [-0.1, -0.05) is 11.6 Å². The van der Waals surface area contributed by atoms with Gasteiger partial charge in [-0.3, -0.25) is 9.59 Å². The van der Waals surface area contributed by atoms with Gasteiger partial charge >= 0.3 is 5.97 Å². The molecule has 0 aliphatic carbocycles. The van der Waals surface area contributed by atoms with Crippen LogP contribution in [0.25, 0.3) is 0 Å². The van der Waals surface area contributed by atoms with Crippen molar-refractivity contribution in [2.75, 3.05) is 0 Å². The number of pyridine rings is 1. The van der Waals surface area contributed by atoms with Gasteiger partial charge in [0.2, 0.25) is 0 Å². The van der Waals surface area contributed by atoms with Crippen LogP contribution in [0.15, 0.2) is 12.1 Å². The molecule has 1 aromatic rings. The number of amides is 1. The molecule has 1 heterocycles.